The van der Waals surface area contributed by atoms with Crippen molar-refractivity contribution in [2.75, 3.05) is 19.5 Å². The lowest BCUT2D eigenvalue weighted by atomic mass is 10.1. The predicted molar refractivity (Wildman–Crippen MR) is 77.8 cm³/mol. The van der Waals surface area contributed by atoms with Crippen LogP contribution in [-0.4, -0.2) is 20.1 Å². The van der Waals surface area contributed by atoms with Crippen molar-refractivity contribution < 1.29 is 14.3 Å². The van der Waals surface area contributed by atoms with Crippen LogP contribution < -0.4 is 10.1 Å². The molecule has 2 aromatic rings. The summed E-state index contributed by atoms with van der Waals surface area (Å²) in [4.78, 5) is 12.2. The average Bonchev–Trinajstić information content (AvgIpc) is 2.50. The van der Waals surface area contributed by atoms with Gasteiger partial charge in [-0.05, 0) is 29.8 Å². The van der Waals surface area contributed by atoms with Crippen LogP contribution in [0, 0.1) is 0 Å². The Kier molecular flexibility index (Phi) is 4.74. The Morgan fingerprint density at radius 2 is 1.65 bits per heavy atom. The fraction of sp³-hybridized carbons (Fsp3) is 0.188. The van der Waals surface area contributed by atoms with E-state index in [0.29, 0.717) is 5.69 Å². The molecule has 2 rings (SSSR count). The molecule has 4 heteroatoms. The van der Waals surface area contributed by atoms with Gasteiger partial charge >= 0.3 is 0 Å². The summed E-state index contributed by atoms with van der Waals surface area (Å²) < 4.78 is 10.4. The molecule has 0 heterocycles. The van der Waals surface area contributed by atoms with E-state index in [1.807, 2.05) is 30.3 Å². The Hall–Kier alpha value is -2.33. The number of methoxy groups -OCH3 is 2. The highest BCUT2D eigenvalue weighted by Gasteiger charge is 2.19. The molecule has 104 valence electrons. The van der Waals surface area contributed by atoms with Crippen LogP contribution in [-0.2, 0) is 9.53 Å². The van der Waals surface area contributed by atoms with Gasteiger partial charge in [0.2, 0.25) is 0 Å². The topological polar surface area (TPSA) is 47.6 Å². The number of carbonyl (C=O) groups excluding carboxylic acids is 1. The van der Waals surface area contributed by atoms with E-state index in [-0.39, 0.29) is 5.91 Å². The van der Waals surface area contributed by atoms with Crippen LogP contribution in [0.4, 0.5) is 5.69 Å². The van der Waals surface area contributed by atoms with Crippen LogP contribution in [0.1, 0.15) is 11.7 Å². The molecule has 0 saturated carbocycles. The van der Waals surface area contributed by atoms with Crippen molar-refractivity contribution in [3.8, 4) is 5.75 Å². The van der Waals surface area contributed by atoms with Gasteiger partial charge in [0.1, 0.15) is 5.75 Å². The largest absolute Gasteiger partial charge is 0.497 e. The summed E-state index contributed by atoms with van der Waals surface area (Å²) in [5.41, 5.74) is 1.52. The van der Waals surface area contributed by atoms with Gasteiger partial charge < -0.3 is 14.8 Å². The molecular weight excluding hydrogens is 254 g/mol. The van der Waals surface area contributed by atoms with E-state index in [4.69, 9.17) is 9.47 Å². The van der Waals surface area contributed by atoms with E-state index in [2.05, 4.69) is 5.32 Å². The standard InChI is InChI=1S/C16H17NO3/c1-19-14-10-8-13(9-11-14)17-16(18)15(20-2)12-6-4-3-5-7-12/h3-11,15H,1-2H3,(H,17,18)/t15-/m1/s1. The number of anilines is 1. The minimum atomic E-state index is -0.627. The van der Waals surface area contributed by atoms with E-state index < -0.39 is 6.10 Å². The molecule has 0 unspecified atom stereocenters. The minimum absolute atomic E-state index is 0.205. The van der Waals surface area contributed by atoms with Crippen LogP contribution in [0.3, 0.4) is 0 Å². The number of benzene rings is 2. The third-order valence-electron chi connectivity index (χ3n) is 2.93. The van der Waals surface area contributed by atoms with Gasteiger partial charge in [-0.25, -0.2) is 0 Å². The maximum absolute atomic E-state index is 12.2. The minimum Gasteiger partial charge on any atom is -0.497 e. The molecule has 20 heavy (non-hydrogen) atoms. The summed E-state index contributed by atoms with van der Waals surface area (Å²) in [7, 11) is 3.12. The van der Waals surface area contributed by atoms with Gasteiger partial charge in [0, 0.05) is 12.8 Å². The third-order valence-corrected chi connectivity index (χ3v) is 2.93. The molecule has 0 fully saturated rings. The molecule has 0 aliphatic carbocycles. The fourth-order valence-corrected chi connectivity index (χ4v) is 1.90. The zero-order chi connectivity index (χ0) is 14.4. The second-order valence-corrected chi connectivity index (χ2v) is 4.24. The predicted octanol–water partition coefficient (Wildman–Crippen LogP) is 3.02. The van der Waals surface area contributed by atoms with Crippen LogP contribution in [0.15, 0.2) is 54.6 Å². The third kappa shape index (κ3) is 3.36. The Balaban J connectivity index is 2.09. The molecule has 1 atom stereocenters. The highest BCUT2D eigenvalue weighted by Crippen LogP contribution is 2.20. The quantitative estimate of drug-likeness (QED) is 0.909. The van der Waals surface area contributed by atoms with Gasteiger partial charge in [-0.2, -0.15) is 0 Å². The van der Waals surface area contributed by atoms with E-state index in [1.165, 1.54) is 7.11 Å². The van der Waals surface area contributed by atoms with Crippen molar-refractivity contribution >= 4 is 11.6 Å². The molecule has 1 N–H and O–H groups in total. The zero-order valence-electron chi connectivity index (χ0n) is 11.5. The zero-order valence-corrected chi connectivity index (χ0v) is 11.5. The second-order valence-electron chi connectivity index (χ2n) is 4.24. The number of carbonyl (C=O) groups is 1. The van der Waals surface area contributed by atoms with Crippen molar-refractivity contribution in [3.05, 3.63) is 60.2 Å². The average molecular weight is 271 g/mol. The lowest BCUT2D eigenvalue weighted by Crippen LogP contribution is -2.22. The first-order chi connectivity index (χ1) is 9.74. The molecule has 0 saturated heterocycles. The first-order valence-electron chi connectivity index (χ1n) is 6.27. The van der Waals surface area contributed by atoms with Crippen molar-refractivity contribution in [1.82, 2.24) is 0 Å². The number of nitrogens with one attached hydrogen (secondary N) is 1. The van der Waals surface area contributed by atoms with E-state index in [9.17, 15) is 4.79 Å². The summed E-state index contributed by atoms with van der Waals surface area (Å²) in [5, 5.41) is 2.82. The number of hydrogen-bond acceptors (Lipinski definition) is 3. The van der Waals surface area contributed by atoms with Crippen molar-refractivity contribution in [1.29, 1.82) is 0 Å². The molecule has 0 aliphatic heterocycles. The molecule has 0 radical (unpaired) electrons. The number of hydrogen-bond donors (Lipinski definition) is 1. The Labute approximate surface area is 118 Å². The highest BCUT2D eigenvalue weighted by molar-refractivity contribution is 5.94. The van der Waals surface area contributed by atoms with Gasteiger partial charge in [0.05, 0.1) is 7.11 Å². The Morgan fingerprint density at radius 3 is 2.20 bits per heavy atom. The number of ether oxygens (including phenoxy) is 2. The van der Waals surface area contributed by atoms with E-state index in [1.54, 1.807) is 31.4 Å². The first-order valence-corrected chi connectivity index (χ1v) is 6.27. The summed E-state index contributed by atoms with van der Waals surface area (Å²) in [6, 6.07) is 16.5. The van der Waals surface area contributed by atoms with Crippen molar-refractivity contribution in [2.45, 2.75) is 6.10 Å². The molecule has 4 nitrogen and oxygen atoms in total. The molecular formula is C16H17NO3. The molecule has 2 aromatic carbocycles. The van der Waals surface area contributed by atoms with Crippen LogP contribution in [0.2, 0.25) is 0 Å². The normalized spacial score (nSPS) is 11.7. The van der Waals surface area contributed by atoms with Gasteiger partial charge in [-0.3, -0.25) is 4.79 Å². The van der Waals surface area contributed by atoms with E-state index in [0.717, 1.165) is 11.3 Å². The summed E-state index contributed by atoms with van der Waals surface area (Å²) in [6.07, 6.45) is -0.627. The van der Waals surface area contributed by atoms with Crippen molar-refractivity contribution in [3.63, 3.8) is 0 Å². The maximum Gasteiger partial charge on any atom is 0.258 e. The number of rotatable bonds is 5. The lowest BCUT2D eigenvalue weighted by molar-refractivity contribution is -0.126. The van der Waals surface area contributed by atoms with Crippen LogP contribution in [0.25, 0.3) is 0 Å². The smallest absolute Gasteiger partial charge is 0.258 e. The van der Waals surface area contributed by atoms with E-state index >= 15 is 0 Å². The maximum atomic E-state index is 12.2. The molecule has 0 bridgehead atoms. The lowest BCUT2D eigenvalue weighted by Gasteiger charge is -2.15. The Morgan fingerprint density at radius 1 is 1.00 bits per heavy atom. The SMILES string of the molecule is COc1ccc(NC(=O)[C@H](OC)c2ccccc2)cc1. The molecule has 0 aromatic heterocycles. The molecule has 0 aliphatic rings. The summed E-state index contributed by atoms with van der Waals surface area (Å²) >= 11 is 0. The summed E-state index contributed by atoms with van der Waals surface area (Å²) in [5.74, 6) is 0.540. The highest BCUT2D eigenvalue weighted by atomic mass is 16.5. The fourth-order valence-electron chi connectivity index (χ4n) is 1.90. The van der Waals surface area contributed by atoms with Gasteiger partial charge in [0.25, 0.3) is 5.91 Å². The molecule has 1 amide bonds. The van der Waals surface area contributed by atoms with Crippen molar-refractivity contribution in [2.24, 2.45) is 0 Å². The van der Waals surface area contributed by atoms with Gasteiger partial charge in [0.15, 0.2) is 6.10 Å². The van der Waals surface area contributed by atoms with Crippen LogP contribution >= 0.6 is 0 Å². The van der Waals surface area contributed by atoms with Gasteiger partial charge in [-0.15, -0.1) is 0 Å². The first kappa shape index (κ1) is 14.1. The monoisotopic (exact) mass is 271 g/mol. The molecule has 0 spiro atoms. The Bertz CT molecular complexity index is 552. The summed E-state index contributed by atoms with van der Waals surface area (Å²) in [6.45, 7) is 0. The van der Waals surface area contributed by atoms with Crippen LogP contribution in [0.5, 0.6) is 5.75 Å². The number of amides is 1. The second kappa shape index (κ2) is 6.73. The van der Waals surface area contributed by atoms with Gasteiger partial charge in [-0.1, -0.05) is 30.3 Å².